The van der Waals surface area contributed by atoms with Crippen LogP contribution >= 0.6 is 15.9 Å². The van der Waals surface area contributed by atoms with Gasteiger partial charge in [0.05, 0.1) is 12.8 Å². The van der Waals surface area contributed by atoms with Crippen LogP contribution in [0.2, 0.25) is 0 Å². The van der Waals surface area contributed by atoms with Crippen molar-refractivity contribution in [2.75, 3.05) is 12.0 Å². The van der Waals surface area contributed by atoms with Crippen LogP contribution in [0.4, 0.5) is 10.5 Å². The van der Waals surface area contributed by atoms with E-state index in [1.807, 2.05) is 6.07 Å². The molecule has 3 rings (SSSR count). The molecule has 1 aliphatic rings. The summed E-state index contributed by atoms with van der Waals surface area (Å²) in [5.74, 6) is -0.812. The van der Waals surface area contributed by atoms with Crippen LogP contribution in [-0.2, 0) is 9.59 Å². The van der Waals surface area contributed by atoms with Crippen LogP contribution in [0.1, 0.15) is 5.56 Å². The fourth-order valence-corrected chi connectivity index (χ4v) is 2.80. The zero-order valence-electron chi connectivity index (χ0n) is 13.2. The third-order valence-corrected chi connectivity index (χ3v) is 4.09. The highest BCUT2D eigenvalue weighted by molar-refractivity contribution is 9.10. The van der Waals surface area contributed by atoms with Crippen LogP contribution in [0.15, 0.2) is 58.6 Å². The number of anilines is 1. The molecule has 1 aliphatic heterocycles. The van der Waals surface area contributed by atoms with Gasteiger partial charge in [0.25, 0.3) is 11.8 Å². The molecule has 0 aliphatic carbocycles. The minimum absolute atomic E-state index is 0.117. The molecule has 1 heterocycles. The number of amides is 4. The molecule has 7 heteroatoms. The van der Waals surface area contributed by atoms with Gasteiger partial charge in [0, 0.05) is 4.47 Å². The number of nitrogens with one attached hydrogen (secondary N) is 1. The molecular weight excluding hydrogens is 388 g/mol. The number of carbonyl (C=O) groups excluding carboxylic acids is 3. The van der Waals surface area contributed by atoms with Gasteiger partial charge in [0.1, 0.15) is 11.3 Å². The summed E-state index contributed by atoms with van der Waals surface area (Å²) in [4.78, 5) is 37.9. The van der Waals surface area contributed by atoms with Gasteiger partial charge in [0.2, 0.25) is 0 Å². The van der Waals surface area contributed by atoms with E-state index in [4.69, 9.17) is 4.74 Å². The highest BCUT2D eigenvalue weighted by atomic mass is 79.9. The number of nitrogens with zero attached hydrogens (tertiary/aromatic N) is 1. The predicted octanol–water partition coefficient (Wildman–Crippen LogP) is 3.12. The second kappa shape index (κ2) is 6.90. The Balaban J connectivity index is 1.99. The van der Waals surface area contributed by atoms with Crippen LogP contribution in [0.25, 0.3) is 6.08 Å². The molecule has 6 nitrogen and oxygen atoms in total. The fourth-order valence-electron chi connectivity index (χ4n) is 2.39. The zero-order chi connectivity index (χ0) is 18.0. The molecule has 0 bridgehead atoms. The SMILES string of the molecule is COc1ccc(N2C(=O)NC(=O)/C(=C\c3cccc(Br)c3)C2=O)cc1. The van der Waals surface area contributed by atoms with Crippen LogP contribution < -0.4 is 15.0 Å². The summed E-state index contributed by atoms with van der Waals surface area (Å²) in [6.45, 7) is 0. The number of ether oxygens (including phenoxy) is 1. The number of carbonyl (C=O) groups is 3. The predicted molar refractivity (Wildman–Crippen MR) is 96.1 cm³/mol. The Morgan fingerprint density at radius 2 is 1.80 bits per heavy atom. The van der Waals surface area contributed by atoms with E-state index in [1.165, 1.54) is 13.2 Å². The van der Waals surface area contributed by atoms with E-state index in [9.17, 15) is 14.4 Å². The molecular formula is C18H13BrN2O4. The van der Waals surface area contributed by atoms with Gasteiger partial charge in [0.15, 0.2) is 0 Å². The van der Waals surface area contributed by atoms with Crippen molar-refractivity contribution >= 4 is 45.5 Å². The summed E-state index contributed by atoms with van der Waals surface area (Å²) in [5, 5.41) is 2.19. The molecule has 2 aromatic rings. The summed E-state index contributed by atoms with van der Waals surface area (Å²) in [7, 11) is 1.52. The monoisotopic (exact) mass is 400 g/mol. The van der Waals surface area contributed by atoms with E-state index >= 15 is 0 Å². The minimum atomic E-state index is -0.786. The highest BCUT2D eigenvalue weighted by Gasteiger charge is 2.36. The molecule has 0 saturated carbocycles. The van der Waals surface area contributed by atoms with Crippen molar-refractivity contribution in [3.05, 3.63) is 64.1 Å². The average Bonchev–Trinajstić information content (AvgIpc) is 2.59. The number of benzene rings is 2. The van der Waals surface area contributed by atoms with Gasteiger partial charge in [-0.1, -0.05) is 28.1 Å². The van der Waals surface area contributed by atoms with Crippen molar-refractivity contribution in [1.29, 1.82) is 0 Å². The minimum Gasteiger partial charge on any atom is -0.497 e. The molecule has 0 radical (unpaired) electrons. The molecule has 4 amide bonds. The topological polar surface area (TPSA) is 75.7 Å². The lowest BCUT2D eigenvalue weighted by atomic mass is 10.1. The van der Waals surface area contributed by atoms with Crippen LogP contribution in [0, 0.1) is 0 Å². The van der Waals surface area contributed by atoms with E-state index in [2.05, 4.69) is 21.2 Å². The zero-order valence-corrected chi connectivity index (χ0v) is 14.7. The molecule has 0 atom stereocenters. The van der Waals surface area contributed by atoms with Gasteiger partial charge >= 0.3 is 6.03 Å². The van der Waals surface area contributed by atoms with Crippen molar-refractivity contribution in [3.8, 4) is 5.75 Å². The standard InChI is InChI=1S/C18H13BrN2O4/c1-25-14-7-5-13(6-8-14)21-17(23)15(16(22)20-18(21)24)10-11-3-2-4-12(19)9-11/h2-10H,1H3,(H,20,22,24)/b15-10+. The van der Waals surface area contributed by atoms with Gasteiger partial charge in [-0.2, -0.15) is 0 Å². The van der Waals surface area contributed by atoms with E-state index in [0.29, 0.717) is 17.0 Å². The Kier molecular flexibility index (Phi) is 4.67. The second-order valence-corrected chi connectivity index (χ2v) is 6.13. The smallest absolute Gasteiger partial charge is 0.335 e. The maximum atomic E-state index is 12.7. The van der Waals surface area contributed by atoms with Gasteiger partial charge < -0.3 is 4.74 Å². The molecule has 1 N–H and O–H groups in total. The maximum Gasteiger partial charge on any atom is 0.335 e. The van der Waals surface area contributed by atoms with Gasteiger partial charge in [-0.25, -0.2) is 9.69 Å². The quantitative estimate of drug-likeness (QED) is 0.634. The number of barbiturate groups is 1. The van der Waals surface area contributed by atoms with Crippen LogP contribution in [-0.4, -0.2) is 25.0 Å². The molecule has 1 fully saturated rings. The van der Waals surface area contributed by atoms with E-state index in [-0.39, 0.29) is 5.57 Å². The summed E-state index contributed by atoms with van der Waals surface area (Å²) >= 11 is 3.34. The normalized spacial score (nSPS) is 16.2. The van der Waals surface area contributed by atoms with Crippen molar-refractivity contribution < 1.29 is 19.1 Å². The van der Waals surface area contributed by atoms with Crippen molar-refractivity contribution in [2.24, 2.45) is 0 Å². The van der Waals surface area contributed by atoms with Crippen LogP contribution in [0.5, 0.6) is 5.75 Å². The van der Waals surface area contributed by atoms with Crippen molar-refractivity contribution in [3.63, 3.8) is 0 Å². The highest BCUT2D eigenvalue weighted by Crippen LogP contribution is 2.24. The number of urea groups is 1. The number of rotatable bonds is 3. The van der Waals surface area contributed by atoms with E-state index in [1.54, 1.807) is 42.5 Å². The molecule has 126 valence electrons. The first-order valence-corrected chi connectivity index (χ1v) is 8.10. The first-order chi connectivity index (χ1) is 12.0. The number of halogens is 1. The Hall–Kier alpha value is -2.93. The third kappa shape index (κ3) is 3.46. The first kappa shape index (κ1) is 16.9. The number of hydrogen-bond acceptors (Lipinski definition) is 4. The van der Waals surface area contributed by atoms with Gasteiger partial charge in [-0.15, -0.1) is 0 Å². The fraction of sp³-hybridized carbons (Fsp3) is 0.0556. The summed E-state index contributed by atoms with van der Waals surface area (Å²) in [6.07, 6.45) is 1.45. The van der Waals surface area contributed by atoms with Gasteiger partial charge in [-0.05, 0) is 48.0 Å². The summed E-state index contributed by atoms with van der Waals surface area (Å²) in [6, 6.07) is 12.8. The summed E-state index contributed by atoms with van der Waals surface area (Å²) < 4.78 is 5.88. The van der Waals surface area contributed by atoms with Crippen LogP contribution in [0.3, 0.4) is 0 Å². The summed E-state index contributed by atoms with van der Waals surface area (Å²) in [5.41, 5.74) is 0.890. The lowest BCUT2D eigenvalue weighted by Crippen LogP contribution is -2.54. The molecule has 0 aromatic heterocycles. The average molecular weight is 401 g/mol. The molecule has 0 spiro atoms. The van der Waals surface area contributed by atoms with Crippen molar-refractivity contribution in [2.45, 2.75) is 0 Å². The molecule has 2 aromatic carbocycles. The first-order valence-electron chi connectivity index (χ1n) is 7.30. The largest absolute Gasteiger partial charge is 0.497 e. The van der Waals surface area contributed by atoms with E-state index < -0.39 is 17.8 Å². The number of hydrogen-bond donors (Lipinski definition) is 1. The second-order valence-electron chi connectivity index (χ2n) is 5.21. The molecule has 1 saturated heterocycles. The van der Waals surface area contributed by atoms with Crippen molar-refractivity contribution in [1.82, 2.24) is 5.32 Å². The Labute approximate surface area is 152 Å². The lowest BCUT2D eigenvalue weighted by molar-refractivity contribution is -0.122. The maximum absolute atomic E-state index is 12.7. The Morgan fingerprint density at radius 3 is 2.44 bits per heavy atom. The molecule has 0 unspecified atom stereocenters. The Morgan fingerprint density at radius 1 is 1.08 bits per heavy atom. The Bertz CT molecular complexity index is 890. The van der Waals surface area contributed by atoms with Gasteiger partial charge in [-0.3, -0.25) is 14.9 Å². The lowest BCUT2D eigenvalue weighted by Gasteiger charge is -2.26. The number of methoxy groups -OCH3 is 1. The molecule has 25 heavy (non-hydrogen) atoms. The van der Waals surface area contributed by atoms with E-state index in [0.717, 1.165) is 9.37 Å². The number of imide groups is 2. The third-order valence-electron chi connectivity index (χ3n) is 3.59.